The fourth-order valence-corrected chi connectivity index (χ4v) is 11.9. The van der Waals surface area contributed by atoms with Gasteiger partial charge in [0, 0.05) is 77.2 Å². The van der Waals surface area contributed by atoms with Gasteiger partial charge in [-0.1, -0.05) is 115 Å². The van der Waals surface area contributed by atoms with Crippen LogP contribution in [-0.4, -0.2) is 24.1 Å². The summed E-state index contributed by atoms with van der Waals surface area (Å²) in [5.74, 6) is 1.32. The molecule has 0 radical (unpaired) electrons. The zero-order valence-electron chi connectivity index (χ0n) is 35.6. The highest BCUT2D eigenvalue weighted by Crippen LogP contribution is 2.46. The first kappa shape index (κ1) is 38.1. The maximum absolute atomic E-state index is 6.69. The number of para-hydroxylation sites is 3. The van der Waals surface area contributed by atoms with Gasteiger partial charge < -0.3 is 8.98 Å². The van der Waals surface area contributed by atoms with Crippen LogP contribution in [0, 0.1) is 0 Å². The van der Waals surface area contributed by atoms with Crippen LogP contribution in [0.25, 0.3) is 131 Å². The minimum atomic E-state index is 0.625. The van der Waals surface area contributed by atoms with E-state index < -0.39 is 0 Å². The van der Waals surface area contributed by atoms with Gasteiger partial charge in [-0.3, -0.25) is 9.55 Å². The molecule has 8 heteroatoms. The normalized spacial score (nSPS) is 12.0. The molecule has 8 aromatic carbocycles. The number of furan rings is 1. The number of hydrogen-bond donors (Lipinski definition) is 0. The number of fused-ring (bicyclic) bond motifs is 9. The predicted molar refractivity (Wildman–Crippen MR) is 281 cm³/mol. The summed E-state index contributed by atoms with van der Waals surface area (Å²) in [6, 6.07) is 66.5. The summed E-state index contributed by atoms with van der Waals surface area (Å²) in [5, 5.41) is 8.00. The van der Waals surface area contributed by atoms with Gasteiger partial charge in [-0.2, -0.15) is 0 Å². The van der Waals surface area contributed by atoms with Gasteiger partial charge in [0.25, 0.3) is 0 Å². The highest BCUT2D eigenvalue weighted by Gasteiger charge is 2.23. The van der Waals surface area contributed by atoms with Crippen LogP contribution < -0.4 is 0 Å². The molecule has 0 spiro atoms. The molecule has 6 nitrogen and oxygen atoms in total. The number of nitrogens with zero attached hydrogens (tertiary/aromatic N) is 5. The van der Waals surface area contributed by atoms with Crippen LogP contribution in [0.4, 0.5) is 0 Å². The Morgan fingerprint density at radius 1 is 0.493 bits per heavy atom. The predicted octanol–water partition coefficient (Wildman–Crippen LogP) is 16.6. The zero-order valence-corrected chi connectivity index (χ0v) is 38.0. The second-order valence-electron chi connectivity index (χ2n) is 17.0. The molecule has 0 aliphatic heterocycles. The summed E-state index contributed by atoms with van der Waals surface area (Å²) in [7, 11) is 0. The van der Waals surface area contributed by atoms with Crippen molar-refractivity contribution < 1.29 is 4.42 Å². The SMILES string of the molecule is Brc1c(-c2cccc3ccccc23)sc2ccc(-c3cncc(-c4ccc5c(c4)c4ccccc4n5-c4nc(-c5ccc6ccn(-c7ccccc7)c6c5)nc5c4oc4ccccc45)c3)cc12. The van der Waals surface area contributed by atoms with Crippen molar-refractivity contribution in [1.29, 1.82) is 0 Å². The standard InChI is InChI=1S/C59H34BrN5OS/c60-54-48-31-38(24-26-53(48)67-57(54)45-18-10-12-35-11-4-5-15-43(35)45)41-29-40(33-61-34-41)37-23-25-50-47(30-37)44-16-6-8-19-49(44)65(50)59-56-55(46-17-7-9-20-52(46)66-56)62-58(63-59)39-22-21-36-27-28-64(51(36)32-39)42-13-2-1-3-14-42/h1-34H. The quantitative estimate of drug-likeness (QED) is 0.167. The number of halogens is 1. The molecule has 0 amide bonds. The van der Waals surface area contributed by atoms with Crippen molar-refractivity contribution in [2.24, 2.45) is 0 Å². The van der Waals surface area contributed by atoms with Crippen molar-refractivity contribution in [3.05, 3.63) is 211 Å². The molecule has 0 N–H and O–H groups in total. The lowest BCUT2D eigenvalue weighted by molar-refractivity contribution is 0.662. The van der Waals surface area contributed by atoms with Crippen molar-refractivity contribution in [3.8, 4) is 55.6 Å². The summed E-state index contributed by atoms with van der Waals surface area (Å²) in [5.41, 5.74) is 12.9. The third kappa shape index (κ3) is 6.03. The monoisotopic (exact) mass is 939 g/mol. The van der Waals surface area contributed by atoms with Crippen LogP contribution in [0.1, 0.15) is 0 Å². The largest absolute Gasteiger partial charge is 0.450 e. The fourth-order valence-electron chi connectivity index (χ4n) is 9.92. The summed E-state index contributed by atoms with van der Waals surface area (Å²) >= 11 is 5.85. The second-order valence-corrected chi connectivity index (χ2v) is 18.8. The van der Waals surface area contributed by atoms with Crippen LogP contribution in [0.3, 0.4) is 0 Å². The van der Waals surface area contributed by atoms with Gasteiger partial charge in [0.05, 0.1) is 21.4 Å². The number of aromatic nitrogens is 5. The van der Waals surface area contributed by atoms with Crippen LogP contribution >= 0.6 is 27.3 Å². The van der Waals surface area contributed by atoms with Gasteiger partial charge in [0.2, 0.25) is 0 Å². The van der Waals surface area contributed by atoms with E-state index in [0.717, 1.165) is 87.2 Å². The van der Waals surface area contributed by atoms with Crippen molar-refractivity contribution in [3.63, 3.8) is 0 Å². The van der Waals surface area contributed by atoms with Gasteiger partial charge in [0.15, 0.2) is 17.2 Å². The van der Waals surface area contributed by atoms with Gasteiger partial charge >= 0.3 is 0 Å². The van der Waals surface area contributed by atoms with E-state index >= 15 is 0 Å². The molecule has 0 fully saturated rings. The molecule has 0 atom stereocenters. The number of pyridine rings is 1. The molecule has 0 bridgehead atoms. The third-order valence-corrected chi connectivity index (χ3v) is 15.4. The Bertz CT molecular complexity index is 4310. The lowest BCUT2D eigenvalue weighted by Crippen LogP contribution is -2.02. The summed E-state index contributed by atoms with van der Waals surface area (Å²) < 4.78 is 13.5. The Balaban J connectivity index is 0.899. The summed E-state index contributed by atoms with van der Waals surface area (Å²) in [6.07, 6.45) is 6.04. The Morgan fingerprint density at radius 3 is 2.09 bits per heavy atom. The number of rotatable bonds is 6. The minimum Gasteiger partial charge on any atom is -0.450 e. The van der Waals surface area contributed by atoms with Crippen molar-refractivity contribution in [2.75, 3.05) is 0 Å². The van der Waals surface area contributed by atoms with Crippen LogP contribution in [0.2, 0.25) is 0 Å². The Hall–Kier alpha value is -8.17. The second kappa shape index (κ2) is 14.9. The number of benzene rings is 8. The molecule has 0 saturated heterocycles. The minimum absolute atomic E-state index is 0.625. The Labute approximate surface area is 395 Å². The van der Waals surface area contributed by atoms with E-state index in [0.29, 0.717) is 17.2 Å². The molecule has 14 rings (SSSR count). The first-order chi connectivity index (χ1) is 33.1. The van der Waals surface area contributed by atoms with E-state index in [9.17, 15) is 0 Å². The smallest absolute Gasteiger partial charge is 0.197 e. The average Bonchev–Trinajstić information content (AvgIpc) is 4.16. The van der Waals surface area contributed by atoms with E-state index in [1.165, 1.54) is 31.3 Å². The van der Waals surface area contributed by atoms with Crippen molar-refractivity contribution in [2.45, 2.75) is 0 Å². The molecule has 6 heterocycles. The molecule has 67 heavy (non-hydrogen) atoms. The van der Waals surface area contributed by atoms with Crippen LogP contribution in [0.5, 0.6) is 0 Å². The van der Waals surface area contributed by atoms with Gasteiger partial charge in [-0.25, -0.2) is 9.97 Å². The fraction of sp³-hybridized carbons (Fsp3) is 0. The third-order valence-electron chi connectivity index (χ3n) is 13.1. The highest BCUT2D eigenvalue weighted by molar-refractivity contribution is 9.10. The van der Waals surface area contributed by atoms with Crippen LogP contribution in [-0.2, 0) is 0 Å². The highest BCUT2D eigenvalue weighted by atomic mass is 79.9. The molecular weight excluding hydrogens is 907 g/mol. The van der Waals surface area contributed by atoms with Crippen molar-refractivity contribution in [1.82, 2.24) is 24.1 Å². The molecule has 0 aliphatic rings. The lowest BCUT2D eigenvalue weighted by atomic mass is 9.99. The van der Waals surface area contributed by atoms with E-state index in [-0.39, 0.29) is 0 Å². The van der Waals surface area contributed by atoms with Gasteiger partial charge in [-0.15, -0.1) is 11.3 Å². The van der Waals surface area contributed by atoms with Gasteiger partial charge in [0.1, 0.15) is 11.1 Å². The van der Waals surface area contributed by atoms with Crippen molar-refractivity contribution >= 4 is 103 Å². The van der Waals surface area contributed by atoms with E-state index in [1.807, 2.05) is 48.0 Å². The maximum atomic E-state index is 6.69. The average molecular weight is 941 g/mol. The lowest BCUT2D eigenvalue weighted by Gasteiger charge is -2.11. The maximum Gasteiger partial charge on any atom is 0.197 e. The topological polar surface area (TPSA) is 61.7 Å². The summed E-state index contributed by atoms with van der Waals surface area (Å²) in [4.78, 5) is 16.7. The summed E-state index contributed by atoms with van der Waals surface area (Å²) in [6.45, 7) is 0. The molecule has 6 aromatic heterocycles. The molecule has 314 valence electrons. The Morgan fingerprint density at radius 2 is 1.21 bits per heavy atom. The molecule has 0 saturated carbocycles. The first-order valence-corrected chi connectivity index (χ1v) is 23.8. The van der Waals surface area contributed by atoms with Crippen LogP contribution in [0.15, 0.2) is 216 Å². The Kier molecular flexibility index (Phi) is 8.50. The number of hydrogen-bond acceptors (Lipinski definition) is 5. The van der Waals surface area contributed by atoms with E-state index in [1.54, 1.807) is 0 Å². The van der Waals surface area contributed by atoms with E-state index in [4.69, 9.17) is 19.4 Å². The molecule has 0 aliphatic carbocycles. The molecular formula is C59H34BrN5OS. The number of thiophene rings is 1. The molecule has 0 unspecified atom stereocenters. The van der Waals surface area contributed by atoms with Gasteiger partial charge in [-0.05, 0) is 116 Å². The molecule has 14 aromatic rings. The zero-order chi connectivity index (χ0) is 44.2. The first-order valence-electron chi connectivity index (χ1n) is 22.2. The van der Waals surface area contributed by atoms with E-state index in [2.05, 4.69) is 195 Å².